The van der Waals surface area contributed by atoms with E-state index >= 15 is 0 Å². The third-order valence-corrected chi connectivity index (χ3v) is 3.86. The van der Waals surface area contributed by atoms with Gasteiger partial charge in [0.25, 0.3) is 0 Å². The van der Waals surface area contributed by atoms with Crippen molar-refractivity contribution < 1.29 is 14.6 Å². The summed E-state index contributed by atoms with van der Waals surface area (Å²) in [6, 6.07) is 3.12. The molecule has 1 aliphatic rings. The number of rotatable bonds is 4. The van der Waals surface area contributed by atoms with E-state index in [1.165, 1.54) is 6.07 Å². The number of halogens is 2. The molecule has 1 heterocycles. The summed E-state index contributed by atoms with van der Waals surface area (Å²) in [7, 11) is 0. The van der Waals surface area contributed by atoms with Gasteiger partial charge in [-0.15, -0.1) is 0 Å². The van der Waals surface area contributed by atoms with Gasteiger partial charge in [0.15, 0.2) is 0 Å². The van der Waals surface area contributed by atoms with Crippen LogP contribution in [0.15, 0.2) is 16.6 Å². The molecule has 19 heavy (non-hydrogen) atoms. The molecule has 1 aromatic rings. The molecule has 2 rings (SSSR count). The SMILES string of the molecule is O=C(CCC1CCOC1)Nc1c(O)cc(Br)cc1Cl. The van der Waals surface area contributed by atoms with Gasteiger partial charge in [-0.2, -0.15) is 0 Å². The van der Waals surface area contributed by atoms with Crippen LogP contribution in [0.1, 0.15) is 19.3 Å². The molecule has 1 atom stereocenters. The van der Waals surface area contributed by atoms with Gasteiger partial charge >= 0.3 is 0 Å². The third kappa shape index (κ3) is 4.09. The molecule has 4 nitrogen and oxygen atoms in total. The van der Waals surface area contributed by atoms with Crippen molar-refractivity contribution in [3.63, 3.8) is 0 Å². The van der Waals surface area contributed by atoms with E-state index in [1.807, 2.05) is 0 Å². The summed E-state index contributed by atoms with van der Waals surface area (Å²) in [6.07, 6.45) is 2.21. The van der Waals surface area contributed by atoms with Gasteiger partial charge in [-0.25, -0.2) is 0 Å². The molecule has 104 valence electrons. The van der Waals surface area contributed by atoms with Gasteiger partial charge in [0.2, 0.25) is 5.91 Å². The molecule has 1 aliphatic heterocycles. The number of benzene rings is 1. The maximum absolute atomic E-state index is 11.8. The molecule has 1 amide bonds. The first-order valence-electron chi connectivity index (χ1n) is 6.12. The lowest BCUT2D eigenvalue weighted by Crippen LogP contribution is -2.14. The fraction of sp³-hybridized carbons (Fsp3) is 0.462. The largest absolute Gasteiger partial charge is 0.506 e. The number of amides is 1. The summed E-state index contributed by atoms with van der Waals surface area (Å²) >= 11 is 9.20. The van der Waals surface area contributed by atoms with Crippen molar-refractivity contribution in [1.82, 2.24) is 0 Å². The highest BCUT2D eigenvalue weighted by atomic mass is 79.9. The molecule has 0 bridgehead atoms. The second-order valence-electron chi connectivity index (χ2n) is 4.60. The van der Waals surface area contributed by atoms with Crippen LogP contribution in [0.3, 0.4) is 0 Å². The van der Waals surface area contributed by atoms with E-state index < -0.39 is 0 Å². The Bertz CT molecular complexity index is 452. The van der Waals surface area contributed by atoms with Gasteiger partial charge in [-0.3, -0.25) is 4.79 Å². The van der Waals surface area contributed by atoms with Crippen LogP contribution >= 0.6 is 27.5 Å². The zero-order valence-electron chi connectivity index (χ0n) is 10.3. The molecule has 0 aromatic heterocycles. The Morgan fingerprint density at radius 3 is 3.00 bits per heavy atom. The number of phenols is 1. The highest BCUT2D eigenvalue weighted by molar-refractivity contribution is 9.10. The second kappa shape index (κ2) is 6.59. The molecule has 6 heteroatoms. The van der Waals surface area contributed by atoms with E-state index in [0.717, 1.165) is 26.1 Å². The number of phenolic OH excluding ortho intramolecular Hbond substituents is 1. The highest BCUT2D eigenvalue weighted by Crippen LogP contribution is 2.35. The molecule has 0 saturated carbocycles. The lowest BCUT2D eigenvalue weighted by molar-refractivity contribution is -0.116. The number of aromatic hydroxyl groups is 1. The average Bonchev–Trinajstić information content (AvgIpc) is 2.84. The molecule has 1 fully saturated rings. The zero-order valence-corrected chi connectivity index (χ0v) is 12.6. The Labute approximate surface area is 125 Å². The first-order chi connectivity index (χ1) is 9.06. The van der Waals surface area contributed by atoms with Crippen molar-refractivity contribution in [2.75, 3.05) is 18.5 Å². The minimum Gasteiger partial charge on any atom is -0.506 e. The van der Waals surface area contributed by atoms with Crippen molar-refractivity contribution in [1.29, 1.82) is 0 Å². The molecular weight excluding hydrogens is 334 g/mol. The number of anilines is 1. The number of carbonyl (C=O) groups is 1. The average molecular weight is 349 g/mol. The Balaban J connectivity index is 1.91. The predicted octanol–water partition coefficient (Wildman–Crippen LogP) is 3.56. The summed E-state index contributed by atoms with van der Waals surface area (Å²) in [4.78, 5) is 11.8. The quantitative estimate of drug-likeness (QED) is 0.818. The van der Waals surface area contributed by atoms with E-state index in [1.54, 1.807) is 6.07 Å². The molecule has 1 saturated heterocycles. The molecule has 1 aromatic carbocycles. The maximum atomic E-state index is 11.8. The van der Waals surface area contributed by atoms with E-state index in [0.29, 0.717) is 21.8 Å². The maximum Gasteiger partial charge on any atom is 0.224 e. The number of hydrogen-bond acceptors (Lipinski definition) is 3. The van der Waals surface area contributed by atoms with Crippen LogP contribution < -0.4 is 5.32 Å². The van der Waals surface area contributed by atoms with Crippen LogP contribution in [0.5, 0.6) is 5.75 Å². The number of hydrogen-bond donors (Lipinski definition) is 2. The standard InChI is InChI=1S/C13H15BrClNO3/c14-9-5-10(15)13(11(17)6-9)16-12(18)2-1-8-3-4-19-7-8/h5-6,8,17H,1-4,7H2,(H,16,18). The van der Waals surface area contributed by atoms with Crippen LogP contribution in [0.2, 0.25) is 5.02 Å². The Hall–Kier alpha value is -0.780. The Kier molecular flexibility index (Phi) is 5.07. The molecule has 0 aliphatic carbocycles. The Morgan fingerprint density at radius 1 is 1.58 bits per heavy atom. The summed E-state index contributed by atoms with van der Waals surface area (Å²) in [5, 5.41) is 12.7. The first-order valence-corrected chi connectivity index (χ1v) is 7.29. The number of ether oxygens (including phenoxy) is 1. The van der Waals surface area contributed by atoms with Crippen molar-refractivity contribution in [3.8, 4) is 5.75 Å². The van der Waals surface area contributed by atoms with Crippen molar-refractivity contribution in [2.24, 2.45) is 5.92 Å². The van der Waals surface area contributed by atoms with Crippen LogP contribution in [0, 0.1) is 5.92 Å². The predicted molar refractivity (Wildman–Crippen MR) is 77.6 cm³/mol. The summed E-state index contributed by atoms with van der Waals surface area (Å²) in [5.74, 6) is 0.267. The lowest BCUT2D eigenvalue weighted by atomic mass is 10.0. The molecule has 0 radical (unpaired) electrons. The topological polar surface area (TPSA) is 58.6 Å². The van der Waals surface area contributed by atoms with Crippen LogP contribution in [-0.2, 0) is 9.53 Å². The second-order valence-corrected chi connectivity index (χ2v) is 5.92. The van der Waals surface area contributed by atoms with Gasteiger partial charge in [-0.1, -0.05) is 27.5 Å². The van der Waals surface area contributed by atoms with Crippen LogP contribution in [-0.4, -0.2) is 24.2 Å². The van der Waals surface area contributed by atoms with Crippen LogP contribution in [0.4, 0.5) is 5.69 Å². The summed E-state index contributed by atoms with van der Waals surface area (Å²) in [6.45, 7) is 1.52. The lowest BCUT2D eigenvalue weighted by Gasteiger charge is -2.11. The van der Waals surface area contributed by atoms with E-state index in [4.69, 9.17) is 16.3 Å². The summed E-state index contributed by atoms with van der Waals surface area (Å²) < 4.78 is 5.92. The van der Waals surface area contributed by atoms with Gasteiger partial charge in [0.05, 0.1) is 5.02 Å². The van der Waals surface area contributed by atoms with Gasteiger partial charge in [0.1, 0.15) is 11.4 Å². The Morgan fingerprint density at radius 2 is 2.37 bits per heavy atom. The fourth-order valence-electron chi connectivity index (χ4n) is 2.03. The van der Waals surface area contributed by atoms with Gasteiger partial charge in [0, 0.05) is 24.1 Å². The normalized spacial score (nSPS) is 18.5. The summed E-state index contributed by atoms with van der Waals surface area (Å²) in [5.41, 5.74) is 0.262. The third-order valence-electron chi connectivity index (χ3n) is 3.10. The van der Waals surface area contributed by atoms with E-state index in [2.05, 4.69) is 21.2 Å². The van der Waals surface area contributed by atoms with Crippen molar-refractivity contribution in [3.05, 3.63) is 21.6 Å². The van der Waals surface area contributed by atoms with Crippen molar-refractivity contribution in [2.45, 2.75) is 19.3 Å². The molecule has 0 spiro atoms. The number of nitrogens with one attached hydrogen (secondary N) is 1. The highest BCUT2D eigenvalue weighted by Gasteiger charge is 2.18. The van der Waals surface area contributed by atoms with E-state index in [-0.39, 0.29) is 17.3 Å². The monoisotopic (exact) mass is 347 g/mol. The van der Waals surface area contributed by atoms with Gasteiger partial charge in [-0.05, 0) is 30.9 Å². The smallest absolute Gasteiger partial charge is 0.224 e. The van der Waals surface area contributed by atoms with Crippen LogP contribution in [0.25, 0.3) is 0 Å². The molecule has 2 N–H and O–H groups in total. The minimum atomic E-state index is -0.147. The number of carbonyl (C=O) groups excluding carboxylic acids is 1. The molecule has 1 unspecified atom stereocenters. The zero-order chi connectivity index (χ0) is 13.8. The van der Waals surface area contributed by atoms with E-state index in [9.17, 15) is 9.90 Å². The van der Waals surface area contributed by atoms with Gasteiger partial charge < -0.3 is 15.2 Å². The molecular formula is C13H15BrClNO3. The van der Waals surface area contributed by atoms with Crippen molar-refractivity contribution >= 4 is 39.1 Å². The minimum absolute atomic E-state index is 0.0445. The fourth-order valence-corrected chi connectivity index (χ4v) is 2.87. The first kappa shape index (κ1) is 14.6.